The van der Waals surface area contributed by atoms with E-state index in [4.69, 9.17) is 27.6 Å². The van der Waals surface area contributed by atoms with E-state index in [-0.39, 0.29) is 26.9 Å². The summed E-state index contributed by atoms with van der Waals surface area (Å²) in [6.07, 6.45) is 0. The van der Waals surface area contributed by atoms with Crippen molar-refractivity contribution in [2.75, 3.05) is 5.32 Å². The summed E-state index contributed by atoms with van der Waals surface area (Å²) in [6, 6.07) is 17.0. The molecule has 0 spiro atoms. The molecule has 1 amide bonds. The topological polar surface area (TPSA) is 102 Å². The van der Waals surface area contributed by atoms with Crippen molar-refractivity contribution in [3.63, 3.8) is 0 Å². The molecule has 9 heteroatoms. The van der Waals surface area contributed by atoms with Crippen LogP contribution in [0.1, 0.15) is 10.4 Å². The first-order chi connectivity index (χ1) is 14.8. The summed E-state index contributed by atoms with van der Waals surface area (Å²) >= 11 is 12.4. The number of rotatable bonds is 4. The first-order valence-corrected chi connectivity index (χ1v) is 9.67. The predicted octanol–water partition coefficient (Wildman–Crippen LogP) is 5.93. The third kappa shape index (κ3) is 4.14. The molecule has 7 nitrogen and oxygen atoms in total. The Hall–Kier alpha value is -3.68. The maximum absolute atomic E-state index is 12.6. The number of anilines is 1. The Balaban J connectivity index is 1.65. The van der Waals surface area contributed by atoms with Crippen molar-refractivity contribution in [1.29, 1.82) is 0 Å². The van der Waals surface area contributed by atoms with Crippen LogP contribution in [0, 0.1) is 10.1 Å². The van der Waals surface area contributed by atoms with E-state index in [1.54, 1.807) is 30.3 Å². The fourth-order valence-electron chi connectivity index (χ4n) is 3.06. The molecule has 0 aliphatic rings. The van der Waals surface area contributed by atoms with E-state index in [0.717, 1.165) is 11.5 Å². The highest BCUT2D eigenvalue weighted by atomic mass is 35.5. The summed E-state index contributed by atoms with van der Waals surface area (Å²) in [7, 11) is 0. The van der Waals surface area contributed by atoms with Gasteiger partial charge in [-0.1, -0.05) is 47.5 Å². The van der Waals surface area contributed by atoms with Crippen molar-refractivity contribution >= 4 is 51.5 Å². The van der Waals surface area contributed by atoms with Gasteiger partial charge in [0.15, 0.2) is 0 Å². The molecule has 31 heavy (non-hydrogen) atoms. The van der Waals surface area contributed by atoms with Crippen LogP contribution in [0.2, 0.25) is 10.0 Å². The molecule has 0 aliphatic heterocycles. The maximum atomic E-state index is 12.6. The highest BCUT2D eigenvalue weighted by molar-refractivity contribution is 6.35. The van der Waals surface area contributed by atoms with Gasteiger partial charge in [0.25, 0.3) is 11.6 Å². The number of hydrogen-bond acceptors (Lipinski definition) is 5. The summed E-state index contributed by atoms with van der Waals surface area (Å²) in [5.41, 5.74) is 0.658. The van der Waals surface area contributed by atoms with Crippen LogP contribution in [0.15, 0.2) is 75.9 Å². The normalized spacial score (nSPS) is 10.8. The van der Waals surface area contributed by atoms with Gasteiger partial charge in [0.2, 0.25) is 0 Å². The van der Waals surface area contributed by atoms with Crippen molar-refractivity contribution in [2.45, 2.75) is 0 Å². The lowest BCUT2D eigenvalue weighted by atomic mass is 10.1. The number of nitrogens with one attached hydrogen (secondary N) is 1. The predicted molar refractivity (Wildman–Crippen MR) is 119 cm³/mol. The molecule has 0 bridgehead atoms. The lowest BCUT2D eigenvalue weighted by Crippen LogP contribution is -2.13. The van der Waals surface area contributed by atoms with E-state index < -0.39 is 16.5 Å². The lowest BCUT2D eigenvalue weighted by Gasteiger charge is -2.10. The molecule has 4 aromatic rings. The van der Waals surface area contributed by atoms with Crippen molar-refractivity contribution in [1.82, 2.24) is 0 Å². The van der Waals surface area contributed by atoms with Gasteiger partial charge in [0.1, 0.15) is 5.58 Å². The molecule has 0 saturated carbocycles. The third-order valence-electron chi connectivity index (χ3n) is 4.56. The second kappa shape index (κ2) is 8.22. The summed E-state index contributed by atoms with van der Waals surface area (Å²) in [4.78, 5) is 35.3. The largest absolute Gasteiger partial charge is 0.422 e. The zero-order chi connectivity index (χ0) is 22.1. The quantitative estimate of drug-likeness (QED) is 0.234. The molecular weight excluding hydrogens is 443 g/mol. The van der Waals surface area contributed by atoms with Crippen LogP contribution in [-0.2, 0) is 0 Å². The zero-order valence-electron chi connectivity index (χ0n) is 15.6. The second-order valence-corrected chi connectivity index (χ2v) is 7.37. The number of halogens is 2. The highest BCUT2D eigenvalue weighted by Gasteiger charge is 2.17. The van der Waals surface area contributed by atoms with Gasteiger partial charge in [-0.3, -0.25) is 14.9 Å². The molecule has 0 atom stereocenters. The number of nitro groups is 1. The second-order valence-electron chi connectivity index (χ2n) is 6.56. The van der Waals surface area contributed by atoms with Crippen LogP contribution >= 0.6 is 23.2 Å². The molecule has 0 radical (unpaired) electrons. The Morgan fingerprint density at radius 3 is 2.45 bits per heavy atom. The lowest BCUT2D eigenvalue weighted by molar-refractivity contribution is -0.384. The van der Waals surface area contributed by atoms with Gasteiger partial charge in [-0.25, -0.2) is 4.79 Å². The number of non-ortho nitro benzene ring substituents is 1. The Bertz CT molecular complexity index is 1410. The van der Waals surface area contributed by atoms with Crippen LogP contribution < -0.4 is 10.9 Å². The molecule has 0 unspecified atom stereocenters. The summed E-state index contributed by atoms with van der Waals surface area (Å²) in [5, 5.41) is 14.6. The average Bonchev–Trinajstić information content (AvgIpc) is 2.73. The first kappa shape index (κ1) is 20.6. The van der Waals surface area contributed by atoms with Crippen LogP contribution in [0.25, 0.3) is 22.1 Å². The van der Waals surface area contributed by atoms with Gasteiger partial charge < -0.3 is 9.73 Å². The minimum Gasteiger partial charge on any atom is -0.422 e. The van der Waals surface area contributed by atoms with E-state index in [2.05, 4.69) is 5.32 Å². The number of nitro benzene ring substituents is 1. The van der Waals surface area contributed by atoms with Crippen LogP contribution in [0.5, 0.6) is 0 Å². The fraction of sp³-hybridized carbons (Fsp3) is 0. The SMILES string of the molecule is O=C(Nc1ccc(-c2cc3ccccc3oc2=O)c(Cl)c1)c1cc([N+](=O)[O-])ccc1Cl. The maximum Gasteiger partial charge on any atom is 0.344 e. The minimum absolute atomic E-state index is 0.0498. The van der Waals surface area contributed by atoms with Gasteiger partial charge in [-0.2, -0.15) is 0 Å². The summed E-state index contributed by atoms with van der Waals surface area (Å²) in [5.74, 6) is -0.636. The van der Waals surface area contributed by atoms with Crippen molar-refractivity contribution in [3.8, 4) is 11.1 Å². The zero-order valence-corrected chi connectivity index (χ0v) is 17.1. The van der Waals surface area contributed by atoms with Crippen molar-refractivity contribution in [3.05, 3.63) is 103 Å². The number of carbonyl (C=O) groups is 1. The van der Waals surface area contributed by atoms with Gasteiger partial charge in [-0.05, 0) is 30.3 Å². The minimum atomic E-state index is -0.636. The molecule has 0 aliphatic carbocycles. The Labute approximate surface area is 185 Å². The molecule has 1 aromatic heterocycles. The van der Waals surface area contributed by atoms with Gasteiger partial charge in [0.05, 0.1) is 26.1 Å². The fourth-order valence-corrected chi connectivity index (χ4v) is 3.55. The van der Waals surface area contributed by atoms with Gasteiger partial charge in [0, 0.05) is 28.8 Å². The first-order valence-electron chi connectivity index (χ1n) is 8.91. The van der Waals surface area contributed by atoms with E-state index in [9.17, 15) is 19.7 Å². The number of amides is 1. The standard InChI is InChI=1S/C22H12Cl2N2O5/c23-18-8-6-14(26(29)30)11-17(18)21(27)25-13-5-7-15(19(24)10-13)16-9-12-3-1-2-4-20(12)31-22(16)28/h1-11H,(H,25,27). The average molecular weight is 455 g/mol. The summed E-state index contributed by atoms with van der Waals surface area (Å²) < 4.78 is 5.34. The van der Waals surface area contributed by atoms with Crippen molar-refractivity contribution < 1.29 is 14.1 Å². The van der Waals surface area contributed by atoms with E-state index >= 15 is 0 Å². The molecule has 0 saturated heterocycles. The number of benzene rings is 3. The number of fused-ring (bicyclic) bond motifs is 1. The van der Waals surface area contributed by atoms with Crippen molar-refractivity contribution in [2.24, 2.45) is 0 Å². The number of nitrogens with zero attached hydrogens (tertiary/aromatic N) is 1. The van der Waals surface area contributed by atoms with Gasteiger partial charge >= 0.3 is 5.63 Å². The highest BCUT2D eigenvalue weighted by Crippen LogP contribution is 2.31. The molecule has 1 heterocycles. The molecule has 3 aromatic carbocycles. The molecule has 1 N–H and O–H groups in total. The van der Waals surface area contributed by atoms with E-state index in [1.165, 1.54) is 18.2 Å². The van der Waals surface area contributed by atoms with E-state index in [1.807, 2.05) is 12.1 Å². The van der Waals surface area contributed by atoms with E-state index in [0.29, 0.717) is 16.8 Å². The smallest absolute Gasteiger partial charge is 0.344 e. The number of carbonyl (C=O) groups excluding carboxylic acids is 1. The molecule has 4 rings (SSSR count). The number of para-hydroxylation sites is 1. The van der Waals surface area contributed by atoms with Crippen LogP contribution in [0.3, 0.4) is 0 Å². The summed E-state index contributed by atoms with van der Waals surface area (Å²) in [6.45, 7) is 0. The Morgan fingerprint density at radius 2 is 1.71 bits per heavy atom. The third-order valence-corrected chi connectivity index (χ3v) is 5.21. The molecule has 0 fully saturated rings. The van der Waals surface area contributed by atoms with Gasteiger partial charge in [-0.15, -0.1) is 0 Å². The van der Waals surface area contributed by atoms with Crippen LogP contribution in [-0.4, -0.2) is 10.8 Å². The number of hydrogen-bond donors (Lipinski definition) is 1. The Morgan fingerprint density at radius 1 is 0.935 bits per heavy atom. The molecule has 154 valence electrons. The monoisotopic (exact) mass is 454 g/mol. The van der Waals surface area contributed by atoms with Crippen LogP contribution in [0.4, 0.5) is 11.4 Å². The Kier molecular flexibility index (Phi) is 5.46. The molecular formula is C22H12Cl2N2O5.